The number of halogens is 1. The van der Waals surface area contributed by atoms with Crippen LogP contribution in [-0.4, -0.2) is 29.3 Å². The smallest absolute Gasteiger partial charge is 0.161 e. The third-order valence-electron chi connectivity index (χ3n) is 2.20. The van der Waals surface area contributed by atoms with E-state index in [1.54, 1.807) is 12.1 Å². The summed E-state index contributed by atoms with van der Waals surface area (Å²) in [4.78, 5) is 6.07. The lowest BCUT2D eigenvalue weighted by molar-refractivity contribution is 0.298. The van der Waals surface area contributed by atoms with E-state index in [-0.39, 0.29) is 18.3 Å². The third-order valence-corrected chi connectivity index (χ3v) is 2.50. The van der Waals surface area contributed by atoms with Crippen LogP contribution in [0.15, 0.2) is 12.1 Å². The Labute approximate surface area is 100 Å². The molecule has 1 aromatic rings. The molecule has 86 valence electrons. The van der Waals surface area contributed by atoms with Crippen LogP contribution in [0.1, 0.15) is 19.5 Å². The maximum Gasteiger partial charge on any atom is 0.161 e. The van der Waals surface area contributed by atoms with E-state index in [1.165, 1.54) is 0 Å². The number of hydrogen-bond acceptors (Lipinski definition) is 4. The van der Waals surface area contributed by atoms with Crippen molar-refractivity contribution in [2.45, 2.75) is 19.9 Å². The van der Waals surface area contributed by atoms with Gasteiger partial charge in [0.05, 0.1) is 11.6 Å². The van der Waals surface area contributed by atoms with Crippen molar-refractivity contribution in [1.29, 1.82) is 5.26 Å². The van der Waals surface area contributed by atoms with Gasteiger partial charge in [-0.2, -0.15) is 5.26 Å². The first-order valence-electron chi connectivity index (χ1n) is 5.04. The second-order valence-corrected chi connectivity index (χ2v) is 4.03. The number of aliphatic hydroxyl groups excluding tert-OH is 1. The van der Waals surface area contributed by atoms with Gasteiger partial charge >= 0.3 is 0 Å². The van der Waals surface area contributed by atoms with Crippen LogP contribution in [0.5, 0.6) is 0 Å². The Morgan fingerprint density at radius 3 is 2.75 bits per heavy atom. The van der Waals surface area contributed by atoms with E-state index in [4.69, 9.17) is 22.0 Å². The summed E-state index contributed by atoms with van der Waals surface area (Å²) < 4.78 is 0. The average molecular weight is 240 g/mol. The number of rotatable bonds is 4. The molecule has 5 heteroatoms. The van der Waals surface area contributed by atoms with Crippen molar-refractivity contribution in [1.82, 2.24) is 4.98 Å². The Bertz CT molecular complexity index is 401. The van der Waals surface area contributed by atoms with Crippen molar-refractivity contribution < 1.29 is 5.11 Å². The summed E-state index contributed by atoms with van der Waals surface area (Å²) in [6, 6.07) is 5.54. The summed E-state index contributed by atoms with van der Waals surface area (Å²) in [7, 11) is 0. The molecule has 1 heterocycles. The number of aromatic nitrogens is 1. The first kappa shape index (κ1) is 12.8. The molecule has 0 radical (unpaired) electrons. The maximum atomic E-state index is 8.97. The summed E-state index contributed by atoms with van der Waals surface area (Å²) in [6.07, 6.45) is 0. The lowest BCUT2D eigenvalue weighted by Gasteiger charge is -2.27. The largest absolute Gasteiger partial charge is 0.395 e. The van der Waals surface area contributed by atoms with E-state index < -0.39 is 0 Å². The summed E-state index contributed by atoms with van der Waals surface area (Å²) >= 11 is 5.80. The molecule has 0 spiro atoms. The van der Waals surface area contributed by atoms with Crippen LogP contribution in [0.4, 0.5) is 5.82 Å². The highest BCUT2D eigenvalue weighted by Crippen LogP contribution is 2.19. The predicted octanol–water partition coefficient (Wildman–Crippen LogP) is 1.81. The Morgan fingerprint density at radius 1 is 1.56 bits per heavy atom. The summed E-state index contributed by atoms with van der Waals surface area (Å²) in [5.41, 5.74) is 0.211. The van der Waals surface area contributed by atoms with Gasteiger partial charge in [0, 0.05) is 12.6 Å². The van der Waals surface area contributed by atoms with E-state index in [0.717, 1.165) is 0 Å². The van der Waals surface area contributed by atoms with Gasteiger partial charge in [0.25, 0.3) is 0 Å². The van der Waals surface area contributed by atoms with Crippen molar-refractivity contribution in [2.75, 3.05) is 18.1 Å². The minimum absolute atomic E-state index is 0.0460. The first-order valence-corrected chi connectivity index (χ1v) is 5.42. The molecular formula is C11H14ClN3O. The quantitative estimate of drug-likeness (QED) is 0.871. The molecule has 1 aromatic heterocycles. The summed E-state index contributed by atoms with van der Waals surface area (Å²) in [6.45, 7) is 4.53. The Balaban J connectivity index is 3.06. The zero-order valence-electron chi connectivity index (χ0n) is 9.31. The molecule has 0 unspecified atom stereocenters. The Hall–Kier alpha value is -1.31. The SMILES string of the molecule is CC(C)N(CCO)c1ccc(Cl)c(C#N)n1. The van der Waals surface area contributed by atoms with Crippen LogP contribution in [0, 0.1) is 11.3 Å². The summed E-state index contributed by atoms with van der Waals surface area (Å²) in [5.74, 6) is 0.657. The monoisotopic (exact) mass is 239 g/mol. The molecule has 0 aliphatic carbocycles. The van der Waals surface area contributed by atoms with E-state index >= 15 is 0 Å². The molecule has 1 rings (SSSR count). The van der Waals surface area contributed by atoms with Crippen LogP contribution in [0.3, 0.4) is 0 Å². The minimum Gasteiger partial charge on any atom is -0.395 e. The van der Waals surface area contributed by atoms with Gasteiger partial charge in [-0.3, -0.25) is 0 Å². The van der Waals surface area contributed by atoms with Crippen molar-refractivity contribution >= 4 is 17.4 Å². The molecule has 1 N–H and O–H groups in total. The molecule has 0 aromatic carbocycles. The molecule has 0 saturated heterocycles. The normalized spacial score (nSPS) is 10.2. The van der Waals surface area contributed by atoms with Crippen LogP contribution >= 0.6 is 11.6 Å². The van der Waals surface area contributed by atoms with Crippen LogP contribution in [0.2, 0.25) is 5.02 Å². The van der Waals surface area contributed by atoms with Crippen LogP contribution in [0.25, 0.3) is 0 Å². The standard InChI is InChI=1S/C11H14ClN3O/c1-8(2)15(5-6-16)11-4-3-9(12)10(7-13)14-11/h3-4,8,16H,5-6H2,1-2H3. The van der Waals surface area contributed by atoms with Crippen molar-refractivity contribution in [3.05, 3.63) is 22.8 Å². The second kappa shape index (κ2) is 5.69. The highest BCUT2D eigenvalue weighted by molar-refractivity contribution is 6.31. The predicted molar refractivity (Wildman–Crippen MR) is 63.5 cm³/mol. The van der Waals surface area contributed by atoms with Gasteiger partial charge in [0.15, 0.2) is 5.69 Å². The molecule has 0 aliphatic heterocycles. The van der Waals surface area contributed by atoms with Gasteiger partial charge in [-0.1, -0.05) is 11.6 Å². The van der Waals surface area contributed by atoms with Gasteiger partial charge in [-0.15, -0.1) is 0 Å². The molecule has 0 atom stereocenters. The number of hydrogen-bond donors (Lipinski definition) is 1. The first-order chi connectivity index (χ1) is 7.60. The number of nitrogens with zero attached hydrogens (tertiary/aromatic N) is 3. The number of pyridine rings is 1. The molecule has 0 fully saturated rings. The van der Waals surface area contributed by atoms with Gasteiger partial charge in [0.2, 0.25) is 0 Å². The van der Waals surface area contributed by atoms with Crippen LogP contribution < -0.4 is 4.90 Å². The van der Waals surface area contributed by atoms with E-state index in [0.29, 0.717) is 17.4 Å². The van der Waals surface area contributed by atoms with Crippen molar-refractivity contribution in [3.63, 3.8) is 0 Å². The van der Waals surface area contributed by atoms with E-state index in [9.17, 15) is 0 Å². The molecule has 16 heavy (non-hydrogen) atoms. The second-order valence-electron chi connectivity index (χ2n) is 3.62. The van der Waals surface area contributed by atoms with Gasteiger partial charge < -0.3 is 10.0 Å². The van der Waals surface area contributed by atoms with Crippen molar-refractivity contribution in [2.24, 2.45) is 0 Å². The maximum absolute atomic E-state index is 8.97. The highest BCUT2D eigenvalue weighted by atomic mass is 35.5. The zero-order valence-corrected chi connectivity index (χ0v) is 10.1. The fourth-order valence-corrected chi connectivity index (χ4v) is 1.56. The topological polar surface area (TPSA) is 60.1 Å². The molecule has 0 amide bonds. The van der Waals surface area contributed by atoms with Gasteiger partial charge in [-0.05, 0) is 26.0 Å². The average Bonchev–Trinajstić information content (AvgIpc) is 2.26. The minimum atomic E-state index is 0.0460. The summed E-state index contributed by atoms with van der Waals surface area (Å²) in [5, 5.41) is 18.1. The van der Waals surface area contributed by atoms with E-state index in [1.807, 2.05) is 24.8 Å². The Kier molecular flexibility index (Phi) is 4.53. The molecule has 4 nitrogen and oxygen atoms in total. The Morgan fingerprint density at radius 2 is 2.25 bits per heavy atom. The molecule has 0 aliphatic rings. The molecule has 0 saturated carbocycles. The lowest BCUT2D eigenvalue weighted by Crippen LogP contribution is -2.34. The van der Waals surface area contributed by atoms with Gasteiger partial charge in [0.1, 0.15) is 11.9 Å². The van der Waals surface area contributed by atoms with Crippen LogP contribution in [-0.2, 0) is 0 Å². The third kappa shape index (κ3) is 2.84. The fourth-order valence-electron chi connectivity index (χ4n) is 1.42. The zero-order chi connectivity index (χ0) is 12.1. The number of nitriles is 1. The number of aliphatic hydroxyl groups is 1. The number of anilines is 1. The van der Waals surface area contributed by atoms with Crippen molar-refractivity contribution in [3.8, 4) is 6.07 Å². The van der Waals surface area contributed by atoms with E-state index in [2.05, 4.69) is 4.98 Å². The van der Waals surface area contributed by atoms with Gasteiger partial charge in [-0.25, -0.2) is 4.98 Å². The molecule has 0 bridgehead atoms. The fraction of sp³-hybridized carbons (Fsp3) is 0.455. The molecular weight excluding hydrogens is 226 g/mol. The highest BCUT2D eigenvalue weighted by Gasteiger charge is 2.13. The lowest BCUT2D eigenvalue weighted by atomic mass is 10.3.